The fourth-order valence-electron chi connectivity index (χ4n) is 7.45. The van der Waals surface area contributed by atoms with Crippen molar-refractivity contribution in [1.82, 2.24) is 19.4 Å². The van der Waals surface area contributed by atoms with Crippen molar-refractivity contribution in [2.45, 2.75) is 95.8 Å². The summed E-state index contributed by atoms with van der Waals surface area (Å²) in [5.41, 5.74) is 2.84. The topological polar surface area (TPSA) is 51.0 Å². The molecule has 0 amide bonds. The van der Waals surface area contributed by atoms with Gasteiger partial charge in [0.2, 0.25) is 0 Å². The lowest BCUT2D eigenvalue weighted by molar-refractivity contribution is 0.181. The van der Waals surface area contributed by atoms with Crippen LogP contribution in [-0.2, 0) is 5.41 Å². The first kappa shape index (κ1) is 26.0. The van der Waals surface area contributed by atoms with E-state index >= 15 is 0 Å². The lowest BCUT2D eigenvalue weighted by Gasteiger charge is -2.34. The number of hydrogen-bond donors (Lipinski definition) is 0. The molecule has 1 spiro atoms. The molecule has 0 N–H and O–H groups in total. The van der Waals surface area contributed by atoms with Crippen LogP contribution in [0, 0.1) is 5.92 Å². The molecule has 5 nitrogen and oxygen atoms in total. The number of aromatic nitrogens is 3. The van der Waals surface area contributed by atoms with Crippen LogP contribution in [0.4, 0.5) is 0 Å². The Morgan fingerprint density at radius 3 is 2.61 bits per heavy atom. The molecule has 1 atom stereocenters. The van der Waals surface area contributed by atoms with Crippen LogP contribution in [0.1, 0.15) is 107 Å². The molecule has 1 saturated heterocycles. The fraction of sp³-hybridized carbons (Fsp3) is 0.594. The van der Waals surface area contributed by atoms with Gasteiger partial charge in [-0.2, -0.15) is 4.98 Å². The number of fused-ring (bicyclic) bond motifs is 7. The van der Waals surface area contributed by atoms with Gasteiger partial charge in [0.05, 0.1) is 21.3 Å². The van der Waals surface area contributed by atoms with E-state index in [1.54, 1.807) is 6.07 Å². The predicted octanol–water partition coefficient (Wildman–Crippen LogP) is 7.39. The van der Waals surface area contributed by atoms with E-state index in [9.17, 15) is 4.79 Å². The Morgan fingerprint density at radius 1 is 1.05 bits per heavy atom. The van der Waals surface area contributed by atoms with Crippen LogP contribution in [0.15, 0.2) is 35.1 Å². The van der Waals surface area contributed by atoms with Gasteiger partial charge in [-0.25, -0.2) is 4.98 Å². The summed E-state index contributed by atoms with van der Waals surface area (Å²) in [6.45, 7) is 8.21. The summed E-state index contributed by atoms with van der Waals surface area (Å²) in [6.07, 6.45) is 13.2. The minimum Gasteiger partial charge on any atom is -0.303 e. The van der Waals surface area contributed by atoms with Gasteiger partial charge >= 0.3 is 0 Å². The molecular formula is C32H41ClN4O. The lowest BCUT2D eigenvalue weighted by atomic mass is 9.70. The Kier molecular flexibility index (Phi) is 7.34. The number of rotatable bonds is 7. The summed E-state index contributed by atoms with van der Waals surface area (Å²) >= 11 is 6.53. The van der Waals surface area contributed by atoms with Crippen molar-refractivity contribution < 1.29 is 0 Å². The van der Waals surface area contributed by atoms with Crippen molar-refractivity contribution in [1.29, 1.82) is 0 Å². The van der Waals surface area contributed by atoms with Gasteiger partial charge in [0, 0.05) is 23.7 Å². The highest BCUT2D eigenvalue weighted by Gasteiger charge is 2.47. The van der Waals surface area contributed by atoms with Crippen molar-refractivity contribution in [3.63, 3.8) is 0 Å². The average molecular weight is 533 g/mol. The maximum Gasteiger partial charge on any atom is 0.282 e. The molecule has 0 radical (unpaired) electrons. The molecule has 1 aliphatic carbocycles. The number of halogens is 1. The normalized spacial score (nSPS) is 20.1. The number of likely N-dealkylation sites (tertiary alicyclic amines) is 1. The number of benzene rings is 1. The van der Waals surface area contributed by atoms with E-state index in [4.69, 9.17) is 21.6 Å². The van der Waals surface area contributed by atoms with Crippen LogP contribution in [0.2, 0.25) is 5.02 Å². The van der Waals surface area contributed by atoms with Crippen LogP contribution in [0.3, 0.4) is 0 Å². The van der Waals surface area contributed by atoms with Gasteiger partial charge in [-0.3, -0.25) is 9.36 Å². The van der Waals surface area contributed by atoms with Crippen LogP contribution in [0.5, 0.6) is 0 Å². The van der Waals surface area contributed by atoms with Gasteiger partial charge in [-0.1, -0.05) is 76.1 Å². The highest BCUT2D eigenvalue weighted by Crippen LogP contribution is 2.51. The van der Waals surface area contributed by atoms with Crippen molar-refractivity contribution >= 4 is 22.5 Å². The zero-order chi connectivity index (χ0) is 26.3. The van der Waals surface area contributed by atoms with Crippen LogP contribution in [-0.4, -0.2) is 39.1 Å². The number of hydrogen-bond acceptors (Lipinski definition) is 4. The number of pyridine rings is 1. The molecule has 1 unspecified atom stereocenters. The van der Waals surface area contributed by atoms with E-state index in [1.165, 1.54) is 49.9 Å². The van der Waals surface area contributed by atoms with Gasteiger partial charge in [0.25, 0.3) is 5.56 Å². The summed E-state index contributed by atoms with van der Waals surface area (Å²) in [5, 5.41) is 0.971. The van der Waals surface area contributed by atoms with Crippen molar-refractivity contribution in [2.75, 3.05) is 19.6 Å². The molecule has 6 heteroatoms. The van der Waals surface area contributed by atoms with E-state index in [0.29, 0.717) is 16.3 Å². The first-order valence-corrected chi connectivity index (χ1v) is 15.4. The summed E-state index contributed by atoms with van der Waals surface area (Å²) in [6, 6.07) is 10.3. The van der Waals surface area contributed by atoms with Gasteiger partial charge in [-0.05, 0) is 69.3 Å². The van der Waals surface area contributed by atoms with E-state index in [1.807, 2.05) is 12.1 Å². The first-order chi connectivity index (χ1) is 18.5. The molecule has 6 rings (SSSR count). The summed E-state index contributed by atoms with van der Waals surface area (Å²) < 4.78 is 2.18. The largest absolute Gasteiger partial charge is 0.303 e. The first-order valence-electron chi connectivity index (χ1n) is 15.0. The number of nitrogens with zero attached hydrogens (tertiary/aromatic N) is 4. The molecule has 3 aliphatic rings. The molecule has 0 bridgehead atoms. The maximum atomic E-state index is 13.2. The monoisotopic (exact) mass is 532 g/mol. The minimum absolute atomic E-state index is 0.216. The van der Waals surface area contributed by atoms with E-state index < -0.39 is 0 Å². The second-order valence-electron chi connectivity index (χ2n) is 12.1. The molecule has 2 aliphatic heterocycles. The zero-order valence-corrected chi connectivity index (χ0v) is 23.8. The zero-order valence-electron chi connectivity index (χ0n) is 23.0. The third-order valence-electron chi connectivity index (χ3n) is 9.50. The van der Waals surface area contributed by atoms with Gasteiger partial charge in [0.15, 0.2) is 0 Å². The molecule has 1 saturated carbocycles. The van der Waals surface area contributed by atoms with Crippen LogP contribution in [0.25, 0.3) is 16.7 Å². The average Bonchev–Trinajstić information content (AvgIpc) is 3.18. The number of piperidine rings is 1. The van der Waals surface area contributed by atoms with Gasteiger partial charge in [-0.15, -0.1) is 0 Å². The Balaban J connectivity index is 1.31. The van der Waals surface area contributed by atoms with Crippen molar-refractivity contribution in [3.05, 3.63) is 62.8 Å². The second-order valence-corrected chi connectivity index (χ2v) is 12.5. The smallest absolute Gasteiger partial charge is 0.282 e. The summed E-state index contributed by atoms with van der Waals surface area (Å²) in [4.78, 5) is 26.0. The van der Waals surface area contributed by atoms with Crippen molar-refractivity contribution in [3.8, 4) is 5.82 Å². The van der Waals surface area contributed by atoms with Gasteiger partial charge < -0.3 is 4.90 Å². The predicted molar refractivity (Wildman–Crippen MR) is 156 cm³/mol. The molecule has 38 heavy (non-hydrogen) atoms. The Labute approximate surface area is 231 Å². The Morgan fingerprint density at radius 2 is 1.84 bits per heavy atom. The molecule has 2 aromatic heterocycles. The molecule has 202 valence electrons. The maximum absolute atomic E-state index is 13.2. The quantitative estimate of drug-likeness (QED) is 0.297. The molecular weight excluding hydrogens is 492 g/mol. The second kappa shape index (κ2) is 10.7. The molecule has 2 fully saturated rings. The highest BCUT2D eigenvalue weighted by atomic mass is 35.5. The van der Waals surface area contributed by atoms with E-state index in [2.05, 4.69) is 35.4 Å². The minimum atomic E-state index is -0.217. The Bertz CT molecular complexity index is 1370. The third kappa shape index (κ3) is 4.50. The number of unbranched alkanes of at least 4 members (excludes halogenated alkanes) is 2. The summed E-state index contributed by atoms with van der Waals surface area (Å²) in [5.74, 6) is 3.10. The standard InChI is InChI=1S/C32H41ClN4O/c1-3-4-6-10-22(2)21-36-19-15-23(16-20-36)26-14-13-24-29(34-26)37-27-12-9-11-25(33)28(27)30(38)35-31(37)32(24)17-7-5-8-18-32/h9,11-14,22-23H,3-8,10,15-21H2,1-2H3. The summed E-state index contributed by atoms with van der Waals surface area (Å²) in [7, 11) is 0. The molecule has 3 aromatic rings. The van der Waals surface area contributed by atoms with Gasteiger partial charge in [0.1, 0.15) is 11.6 Å². The van der Waals surface area contributed by atoms with Crippen molar-refractivity contribution in [2.24, 2.45) is 5.92 Å². The highest BCUT2D eigenvalue weighted by molar-refractivity contribution is 6.35. The van der Waals surface area contributed by atoms with E-state index in [0.717, 1.165) is 74.7 Å². The lowest BCUT2D eigenvalue weighted by Crippen LogP contribution is -2.36. The van der Waals surface area contributed by atoms with Crippen LogP contribution < -0.4 is 5.56 Å². The fourth-order valence-corrected chi connectivity index (χ4v) is 7.70. The SMILES string of the molecule is CCCCCC(C)CN1CCC(c2ccc3c(n2)-n2c(nc(=O)c4c(Cl)cccc42)C32CCCCC2)CC1. The third-order valence-corrected chi connectivity index (χ3v) is 9.82. The Hall–Kier alpha value is -2.24. The van der Waals surface area contributed by atoms with E-state index in [-0.39, 0.29) is 11.0 Å². The molecule has 1 aromatic carbocycles. The molecule has 4 heterocycles. The van der Waals surface area contributed by atoms with Crippen LogP contribution >= 0.6 is 11.6 Å².